The van der Waals surface area contributed by atoms with Gasteiger partial charge in [0.05, 0.1) is 12.1 Å². The van der Waals surface area contributed by atoms with Crippen LogP contribution in [0.4, 0.5) is 13.2 Å². The van der Waals surface area contributed by atoms with E-state index in [1.807, 2.05) is 5.32 Å². The van der Waals surface area contributed by atoms with Gasteiger partial charge in [0.15, 0.2) is 0 Å². The number of aliphatic hydroxyl groups excluding tert-OH is 1. The number of carbonyl (C=O) groups is 1. The van der Waals surface area contributed by atoms with Crippen molar-refractivity contribution in [3.05, 3.63) is 29.6 Å². The molecule has 0 aliphatic heterocycles. The highest BCUT2D eigenvalue weighted by molar-refractivity contribution is 5.96. The number of phenolic OH excluding ortho intramolecular Hbond substituents is 1. The molecule has 0 saturated heterocycles. The van der Waals surface area contributed by atoms with Gasteiger partial charge in [0, 0.05) is 6.07 Å². The number of phenols is 1. The first-order chi connectivity index (χ1) is 7.85. The smallest absolute Gasteiger partial charge is 0.287 e. The zero-order valence-corrected chi connectivity index (χ0v) is 8.58. The molecule has 1 aromatic rings. The molecule has 3 N–H and O–H groups in total. The van der Waals surface area contributed by atoms with Crippen LogP contribution in [0, 0.1) is 5.82 Å². The molecule has 0 fully saturated rings. The van der Waals surface area contributed by atoms with E-state index in [-0.39, 0.29) is 5.56 Å². The maximum absolute atomic E-state index is 12.6. The van der Waals surface area contributed by atoms with Crippen molar-refractivity contribution in [3.63, 3.8) is 0 Å². The van der Waals surface area contributed by atoms with Crippen LogP contribution in [0.1, 0.15) is 10.4 Å². The lowest BCUT2D eigenvalue weighted by molar-refractivity contribution is -0.0462. The van der Waals surface area contributed by atoms with Gasteiger partial charge in [-0.2, -0.15) is 0 Å². The highest BCUT2D eigenvalue weighted by Crippen LogP contribution is 2.18. The van der Waals surface area contributed by atoms with Crippen LogP contribution in [0.15, 0.2) is 18.2 Å². The fourth-order valence-corrected chi connectivity index (χ4v) is 1.06. The zero-order chi connectivity index (χ0) is 13.1. The van der Waals surface area contributed by atoms with E-state index >= 15 is 0 Å². The lowest BCUT2D eigenvalue weighted by Crippen LogP contribution is -2.39. The maximum Gasteiger partial charge on any atom is 0.287 e. The van der Waals surface area contributed by atoms with Gasteiger partial charge in [0.25, 0.3) is 11.8 Å². The Morgan fingerprint density at radius 3 is 2.59 bits per heavy atom. The minimum Gasteiger partial charge on any atom is -0.507 e. The summed E-state index contributed by atoms with van der Waals surface area (Å²) in [5.74, 6) is -5.81. The van der Waals surface area contributed by atoms with Crippen molar-refractivity contribution in [2.45, 2.75) is 5.92 Å². The predicted octanol–water partition coefficient (Wildman–Crippen LogP) is 0.889. The first-order valence-electron chi connectivity index (χ1n) is 4.61. The average Bonchev–Trinajstić information content (AvgIpc) is 2.26. The third-order valence-corrected chi connectivity index (χ3v) is 1.94. The Balaban J connectivity index is 2.71. The first-order valence-corrected chi connectivity index (χ1v) is 4.61. The summed E-state index contributed by atoms with van der Waals surface area (Å²) in [6.07, 6.45) is 0. The largest absolute Gasteiger partial charge is 0.507 e. The lowest BCUT2D eigenvalue weighted by Gasteiger charge is -2.14. The summed E-state index contributed by atoms with van der Waals surface area (Å²) in [6.45, 7) is -2.47. The van der Waals surface area contributed by atoms with Gasteiger partial charge in [-0.1, -0.05) is 0 Å². The average molecular weight is 249 g/mol. The summed E-state index contributed by atoms with van der Waals surface area (Å²) in [4.78, 5) is 11.3. The number of hydrogen-bond acceptors (Lipinski definition) is 3. The Morgan fingerprint density at radius 2 is 2.06 bits per heavy atom. The second-order valence-corrected chi connectivity index (χ2v) is 3.36. The molecular formula is C10H10F3NO3. The number of amides is 1. The number of nitrogens with one attached hydrogen (secondary N) is 1. The van der Waals surface area contributed by atoms with Gasteiger partial charge in [-0.3, -0.25) is 4.79 Å². The van der Waals surface area contributed by atoms with Crippen LogP contribution in [-0.2, 0) is 0 Å². The van der Waals surface area contributed by atoms with Crippen LogP contribution >= 0.6 is 0 Å². The van der Waals surface area contributed by atoms with E-state index in [0.29, 0.717) is 6.07 Å². The Kier molecular flexibility index (Phi) is 3.95. The maximum atomic E-state index is 12.6. The number of rotatable bonds is 4. The summed E-state index contributed by atoms with van der Waals surface area (Å²) < 4.78 is 37.8. The van der Waals surface area contributed by atoms with Crippen LogP contribution in [0.5, 0.6) is 5.75 Å². The summed E-state index contributed by atoms with van der Waals surface area (Å²) in [7, 11) is 0. The highest BCUT2D eigenvalue weighted by atomic mass is 19.3. The van der Waals surface area contributed by atoms with Gasteiger partial charge in [-0.05, 0) is 12.1 Å². The number of aliphatic hydroxyl groups is 1. The fraction of sp³-hybridized carbons (Fsp3) is 0.300. The molecule has 1 aromatic carbocycles. The van der Waals surface area contributed by atoms with Crippen LogP contribution in [0.3, 0.4) is 0 Å². The molecule has 0 aliphatic carbocycles. The van der Waals surface area contributed by atoms with Gasteiger partial charge >= 0.3 is 0 Å². The number of halogens is 3. The zero-order valence-electron chi connectivity index (χ0n) is 8.58. The molecular weight excluding hydrogens is 239 g/mol. The molecule has 0 saturated carbocycles. The number of benzene rings is 1. The Bertz CT molecular complexity index is 423. The van der Waals surface area contributed by atoms with E-state index < -0.39 is 36.5 Å². The van der Waals surface area contributed by atoms with E-state index in [1.165, 1.54) is 0 Å². The van der Waals surface area contributed by atoms with Gasteiger partial charge in [-0.25, -0.2) is 13.2 Å². The second-order valence-electron chi connectivity index (χ2n) is 3.36. The molecule has 0 unspecified atom stereocenters. The van der Waals surface area contributed by atoms with Crippen LogP contribution in [0.25, 0.3) is 0 Å². The van der Waals surface area contributed by atoms with Crippen molar-refractivity contribution in [1.29, 1.82) is 0 Å². The topological polar surface area (TPSA) is 69.6 Å². The van der Waals surface area contributed by atoms with Gasteiger partial charge in [-0.15, -0.1) is 0 Å². The van der Waals surface area contributed by atoms with Crippen LogP contribution in [-0.4, -0.2) is 35.2 Å². The van der Waals surface area contributed by atoms with Crippen molar-refractivity contribution in [2.24, 2.45) is 0 Å². The molecule has 0 radical (unpaired) electrons. The van der Waals surface area contributed by atoms with Crippen molar-refractivity contribution in [1.82, 2.24) is 5.32 Å². The molecule has 17 heavy (non-hydrogen) atoms. The normalized spacial score (nSPS) is 11.3. The molecule has 0 aromatic heterocycles. The van der Waals surface area contributed by atoms with E-state index in [9.17, 15) is 23.1 Å². The Morgan fingerprint density at radius 1 is 1.41 bits per heavy atom. The SMILES string of the molecule is O=C(NCC(F)(F)CO)c1ccc(F)cc1O. The highest BCUT2D eigenvalue weighted by Gasteiger charge is 2.28. The summed E-state index contributed by atoms with van der Waals surface area (Å²) in [6, 6.07) is 2.58. The molecule has 4 nitrogen and oxygen atoms in total. The second kappa shape index (κ2) is 5.05. The first kappa shape index (κ1) is 13.3. The van der Waals surface area contributed by atoms with Gasteiger partial charge in [0.2, 0.25) is 0 Å². The van der Waals surface area contributed by atoms with Crippen LogP contribution < -0.4 is 5.32 Å². The quantitative estimate of drug-likeness (QED) is 0.742. The predicted molar refractivity (Wildman–Crippen MR) is 52.4 cm³/mol. The van der Waals surface area contributed by atoms with Crippen molar-refractivity contribution in [3.8, 4) is 5.75 Å². The molecule has 7 heteroatoms. The number of aromatic hydroxyl groups is 1. The van der Waals surface area contributed by atoms with E-state index in [0.717, 1.165) is 12.1 Å². The van der Waals surface area contributed by atoms with Gasteiger partial charge < -0.3 is 15.5 Å². The van der Waals surface area contributed by atoms with E-state index in [4.69, 9.17) is 5.11 Å². The van der Waals surface area contributed by atoms with Gasteiger partial charge in [0.1, 0.15) is 18.2 Å². The fourth-order valence-electron chi connectivity index (χ4n) is 1.06. The van der Waals surface area contributed by atoms with Crippen LogP contribution in [0.2, 0.25) is 0 Å². The number of alkyl halides is 2. The minimum atomic E-state index is -3.44. The van der Waals surface area contributed by atoms with Crippen molar-refractivity contribution in [2.75, 3.05) is 13.2 Å². The van der Waals surface area contributed by atoms with Crippen molar-refractivity contribution >= 4 is 5.91 Å². The van der Waals surface area contributed by atoms with Crippen molar-refractivity contribution < 1.29 is 28.2 Å². The standard InChI is InChI=1S/C10H10F3NO3/c11-6-1-2-7(8(16)3-6)9(17)14-4-10(12,13)5-15/h1-3,15-16H,4-5H2,(H,14,17). The Hall–Kier alpha value is -1.76. The third kappa shape index (κ3) is 3.63. The molecule has 0 spiro atoms. The number of carbonyl (C=O) groups excluding carboxylic acids is 1. The summed E-state index contributed by atoms with van der Waals surface area (Å²) >= 11 is 0. The van der Waals surface area contributed by atoms with E-state index in [2.05, 4.69) is 0 Å². The Labute approximate surface area is 94.7 Å². The molecule has 0 aliphatic rings. The molecule has 94 valence electrons. The molecule has 1 rings (SSSR count). The lowest BCUT2D eigenvalue weighted by atomic mass is 10.2. The summed E-state index contributed by atoms with van der Waals surface area (Å²) in [5.41, 5.74) is -0.319. The molecule has 0 atom stereocenters. The van der Waals surface area contributed by atoms with E-state index in [1.54, 1.807) is 0 Å². The third-order valence-electron chi connectivity index (χ3n) is 1.94. The minimum absolute atomic E-state index is 0.319. The molecule has 1 amide bonds. The molecule has 0 heterocycles. The molecule has 0 bridgehead atoms. The monoisotopic (exact) mass is 249 g/mol. The summed E-state index contributed by atoms with van der Waals surface area (Å²) in [5, 5.41) is 19.3. The number of hydrogen-bond donors (Lipinski definition) is 3.